The third kappa shape index (κ3) is 9.43. The van der Waals surface area contributed by atoms with Crippen LogP contribution in [0.2, 0.25) is 0 Å². The van der Waals surface area contributed by atoms with Crippen molar-refractivity contribution in [3.05, 3.63) is 82.9 Å². The van der Waals surface area contributed by atoms with E-state index in [1.165, 1.54) is 93.3 Å². The number of methoxy groups -OCH3 is 2. The zero-order valence-corrected chi connectivity index (χ0v) is 25.5. The van der Waals surface area contributed by atoms with Gasteiger partial charge in [-0.25, -0.2) is 0 Å². The Bertz CT molecular complexity index is 1190. The van der Waals surface area contributed by atoms with Crippen molar-refractivity contribution in [2.45, 2.75) is 77.7 Å². The van der Waals surface area contributed by atoms with E-state index in [9.17, 15) is 5.11 Å². The number of ether oxygens (including phenoxy) is 2. The number of aryl methyl sites for hydroxylation is 2. The van der Waals surface area contributed by atoms with Crippen molar-refractivity contribution >= 4 is 5.69 Å². The summed E-state index contributed by atoms with van der Waals surface area (Å²) in [4.78, 5) is 5.01. The molecule has 0 saturated carbocycles. The first-order chi connectivity index (χ1) is 20.1. The second-order valence-electron chi connectivity index (χ2n) is 11.4. The summed E-state index contributed by atoms with van der Waals surface area (Å²) < 4.78 is 10.8. The molecule has 1 aliphatic carbocycles. The van der Waals surface area contributed by atoms with Gasteiger partial charge in [0, 0.05) is 31.4 Å². The molecular formula is C36H50N2O3. The number of phenolic OH excluding ortho intramolecular Hbond substituents is 1. The molecule has 0 aromatic heterocycles. The molecule has 41 heavy (non-hydrogen) atoms. The van der Waals surface area contributed by atoms with Crippen molar-refractivity contribution in [2.24, 2.45) is 0 Å². The summed E-state index contributed by atoms with van der Waals surface area (Å²) >= 11 is 0. The predicted molar refractivity (Wildman–Crippen MR) is 171 cm³/mol. The summed E-state index contributed by atoms with van der Waals surface area (Å²) in [6, 6.07) is 21.0. The van der Waals surface area contributed by atoms with Crippen LogP contribution in [0.4, 0.5) is 5.69 Å². The lowest BCUT2D eigenvalue weighted by atomic mass is 9.92. The lowest BCUT2D eigenvalue weighted by Crippen LogP contribution is -2.29. The first-order valence-corrected chi connectivity index (χ1v) is 15.7. The quantitative estimate of drug-likeness (QED) is 0.290. The molecule has 0 bridgehead atoms. The van der Waals surface area contributed by atoms with Gasteiger partial charge in [-0.05, 0) is 111 Å². The molecule has 0 unspecified atom stereocenters. The van der Waals surface area contributed by atoms with Gasteiger partial charge in [0.1, 0.15) is 5.75 Å². The summed E-state index contributed by atoms with van der Waals surface area (Å²) in [5.41, 5.74) is 6.69. The Morgan fingerprint density at radius 1 is 0.707 bits per heavy atom. The van der Waals surface area contributed by atoms with Gasteiger partial charge in [-0.1, -0.05) is 49.6 Å². The number of hydrogen-bond donors (Lipinski definition) is 1. The number of aromatic hydroxyl groups is 1. The lowest BCUT2D eigenvalue weighted by molar-refractivity contribution is 0.250. The van der Waals surface area contributed by atoms with Crippen LogP contribution in [0.15, 0.2) is 60.7 Å². The highest BCUT2D eigenvalue weighted by Crippen LogP contribution is 2.32. The van der Waals surface area contributed by atoms with Crippen LogP contribution >= 0.6 is 0 Å². The molecule has 1 N–H and O–H groups in total. The Kier molecular flexibility index (Phi) is 12.2. The number of benzene rings is 3. The minimum Gasteiger partial charge on any atom is -0.508 e. The van der Waals surface area contributed by atoms with Gasteiger partial charge in [-0.2, -0.15) is 0 Å². The van der Waals surface area contributed by atoms with Gasteiger partial charge in [0.15, 0.2) is 11.5 Å². The molecule has 0 amide bonds. The highest BCUT2D eigenvalue weighted by Gasteiger charge is 2.12. The molecule has 2 aliphatic rings. The molecule has 3 aromatic rings. The largest absolute Gasteiger partial charge is 0.508 e. The number of fused-ring (bicyclic) bond motifs is 1. The van der Waals surface area contributed by atoms with Gasteiger partial charge in [0.2, 0.25) is 0 Å². The van der Waals surface area contributed by atoms with Gasteiger partial charge < -0.3 is 24.4 Å². The van der Waals surface area contributed by atoms with Crippen LogP contribution < -0.4 is 14.4 Å². The molecule has 5 heteroatoms. The van der Waals surface area contributed by atoms with Crippen LogP contribution in [0.1, 0.15) is 74.1 Å². The van der Waals surface area contributed by atoms with Crippen LogP contribution in [0, 0.1) is 0 Å². The normalized spacial score (nSPS) is 15.5. The second-order valence-corrected chi connectivity index (χ2v) is 11.4. The SMILES string of the molecule is CCN(Cc1ccc(CCN2CCCCCCC2)cc1)c1ccc(OC)c(OC)c1.Oc1ccc2c(c1)CCCC2. The highest BCUT2D eigenvalue weighted by atomic mass is 16.5. The molecule has 222 valence electrons. The van der Waals surface area contributed by atoms with Crippen LogP contribution in [0.3, 0.4) is 0 Å². The van der Waals surface area contributed by atoms with Crippen molar-refractivity contribution in [3.63, 3.8) is 0 Å². The van der Waals surface area contributed by atoms with E-state index in [4.69, 9.17) is 9.47 Å². The molecule has 5 rings (SSSR count). The third-order valence-electron chi connectivity index (χ3n) is 8.51. The fourth-order valence-electron chi connectivity index (χ4n) is 5.98. The Balaban J connectivity index is 0.000000291. The molecule has 3 aromatic carbocycles. The molecule has 1 fully saturated rings. The van der Waals surface area contributed by atoms with E-state index in [0.717, 1.165) is 43.1 Å². The topological polar surface area (TPSA) is 45.2 Å². The summed E-state index contributed by atoms with van der Waals surface area (Å²) in [5.74, 6) is 1.94. The highest BCUT2D eigenvalue weighted by molar-refractivity contribution is 5.56. The fourth-order valence-corrected chi connectivity index (χ4v) is 5.98. The van der Waals surface area contributed by atoms with E-state index in [1.807, 2.05) is 18.2 Å². The summed E-state index contributed by atoms with van der Waals surface area (Å²) in [6.45, 7) is 7.74. The van der Waals surface area contributed by atoms with Gasteiger partial charge >= 0.3 is 0 Å². The molecule has 0 radical (unpaired) electrons. The minimum atomic E-state index is 0.408. The maximum Gasteiger partial charge on any atom is 0.162 e. The Morgan fingerprint density at radius 2 is 1.37 bits per heavy atom. The van der Waals surface area contributed by atoms with E-state index < -0.39 is 0 Å². The van der Waals surface area contributed by atoms with Crippen LogP contribution in [0.25, 0.3) is 0 Å². The van der Waals surface area contributed by atoms with E-state index in [2.05, 4.69) is 53.1 Å². The molecule has 5 nitrogen and oxygen atoms in total. The van der Waals surface area contributed by atoms with Crippen LogP contribution in [-0.4, -0.2) is 50.4 Å². The molecule has 1 saturated heterocycles. The number of hydrogen-bond acceptors (Lipinski definition) is 5. The Morgan fingerprint density at radius 3 is 2.05 bits per heavy atom. The maximum atomic E-state index is 9.19. The van der Waals surface area contributed by atoms with E-state index in [1.54, 1.807) is 20.3 Å². The smallest absolute Gasteiger partial charge is 0.162 e. The van der Waals surface area contributed by atoms with Crippen molar-refractivity contribution in [1.82, 2.24) is 4.90 Å². The molecule has 1 heterocycles. The number of anilines is 1. The first kappa shape index (κ1) is 30.8. The van der Waals surface area contributed by atoms with Gasteiger partial charge in [0.05, 0.1) is 14.2 Å². The maximum absolute atomic E-state index is 9.19. The molecule has 0 spiro atoms. The second kappa shape index (κ2) is 16.3. The van der Waals surface area contributed by atoms with E-state index in [-0.39, 0.29) is 0 Å². The van der Waals surface area contributed by atoms with Crippen molar-refractivity contribution in [2.75, 3.05) is 45.3 Å². The average Bonchev–Trinajstić information content (AvgIpc) is 3.00. The zero-order chi connectivity index (χ0) is 28.9. The first-order valence-electron chi connectivity index (χ1n) is 15.7. The Labute approximate surface area is 248 Å². The molecule has 1 aliphatic heterocycles. The zero-order valence-electron chi connectivity index (χ0n) is 25.5. The third-order valence-corrected chi connectivity index (χ3v) is 8.51. The van der Waals surface area contributed by atoms with Gasteiger partial charge in [-0.15, -0.1) is 0 Å². The predicted octanol–water partition coefficient (Wildman–Crippen LogP) is 7.81. The van der Waals surface area contributed by atoms with Crippen molar-refractivity contribution < 1.29 is 14.6 Å². The standard InChI is InChI=1S/C26H38N2O2.C10H12O/c1-4-28(24-14-15-25(29-2)26(20-24)30-3)21-23-12-10-22(11-13-23)16-19-27-17-8-6-5-7-9-18-27;11-10-6-5-8-3-1-2-4-9(8)7-10/h10-15,20H,4-9,16-19,21H2,1-3H3;5-7,11H,1-4H2. The number of rotatable bonds is 9. The lowest BCUT2D eigenvalue weighted by Gasteiger charge is -2.25. The summed E-state index contributed by atoms with van der Waals surface area (Å²) in [5, 5.41) is 9.19. The Hall–Kier alpha value is -3.18. The molecule has 0 atom stereocenters. The van der Waals surface area contributed by atoms with Crippen molar-refractivity contribution in [3.8, 4) is 17.2 Å². The van der Waals surface area contributed by atoms with Gasteiger partial charge in [-0.3, -0.25) is 0 Å². The van der Waals surface area contributed by atoms with Gasteiger partial charge in [0.25, 0.3) is 0 Å². The average molecular weight is 559 g/mol. The summed E-state index contributed by atoms with van der Waals surface area (Å²) in [6.07, 6.45) is 13.0. The fraction of sp³-hybridized carbons (Fsp3) is 0.500. The number of nitrogens with zero attached hydrogens (tertiary/aromatic N) is 2. The van der Waals surface area contributed by atoms with Crippen LogP contribution in [0.5, 0.6) is 17.2 Å². The number of phenols is 1. The van der Waals surface area contributed by atoms with E-state index in [0.29, 0.717) is 5.75 Å². The van der Waals surface area contributed by atoms with Crippen molar-refractivity contribution in [1.29, 1.82) is 0 Å². The van der Waals surface area contributed by atoms with Crippen LogP contribution in [-0.2, 0) is 25.8 Å². The molecular weight excluding hydrogens is 508 g/mol. The monoisotopic (exact) mass is 558 g/mol. The minimum absolute atomic E-state index is 0.408. The number of likely N-dealkylation sites (tertiary alicyclic amines) is 1. The summed E-state index contributed by atoms with van der Waals surface area (Å²) in [7, 11) is 3.36. The van der Waals surface area contributed by atoms with E-state index >= 15 is 0 Å².